The number of carbonyl (C=O) groups excluding carboxylic acids is 2. The van der Waals surface area contributed by atoms with Gasteiger partial charge in [-0.2, -0.15) is 0 Å². The molecule has 12 heteroatoms. The van der Waals surface area contributed by atoms with Crippen molar-refractivity contribution in [3.05, 3.63) is 50.4 Å². The molecule has 2 rings (SSSR count). The zero-order valence-corrected chi connectivity index (χ0v) is 17.0. The number of urea groups is 1. The number of rotatable bonds is 8. The van der Waals surface area contributed by atoms with E-state index in [0.29, 0.717) is 14.2 Å². The zero-order chi connectivity index (χ0) is 21.7. The smallest absolute Gasteiger partial charge is 0.330 e. The van der Waals surface area contributed by atoms with E-state index in [9.17, 15) is 28.7 Å². The van der Waals surface area contributed by atoms with Gasteiger partial charge in [0.1, 0.15) is 5.82 Å². The molecular formula is C17H15BrFN3O6S. The summed E-state index contributed by atoms with van der Waals surface area (Å²) in [6.07, 6.45) is -0.493. The zero-order valence-electron chi connectivity index (χ0n) is 14.6. The number of anilines is 1. The van der Waals surface area contributed by atoms with Gasteiger partial charge in [0.05, 0.1) is 15.9 Å². The maximum Gasteiger partial charge on any atom is 0.330 e. The summed E-state index contributed by atoms with van der Waals surface area (Å²) in [6.45, 7) is -0.409. The molecule has 0 aliphatic heterocycles. The quantitative estimate of drug-likeness (QED) is 0.449. The molecule has 3 amide bonds. The van der Waals surface area contributed by atoms with Crippen LogP contribution in [-0.2, 0) is 9.59 Å². The minimum atomic E-state index is -1.35. The molecule has 154 valence electrons. The van der Waals surface area contributed by atoms with E-state index in [-0.39, 0.29) is 5.56 Å². The second kappa shape index (κ2) is 9.47. The minimum Gasteiger partial charge on any atom is -0.481 e. The van der Waals surface area contributed by atoms with Crippen LogP contribution in [0.15, 0.2) is 33.4 Å². The van der Waals surface area contributed by atoms with Crippen LogP contribution in [0.1, 0.15) is 28.4 Å². The van der Waals surface area contributed by atoms with Crippen molar-refractivity contribution < 1.29 is 33.8 Å². The molecule has 0 spiro atoms. The Hall–Kier alpha value is -2.99. The third-order valence-electron chi connectivity index (χ3n) is 3.76. The lowest BCUT2D eigenvalue weighted by atomic mass is 10.1. The van der Waals surface area contributed by atoms with Crippen molar-refractivity contribution in [2.75, 3.05) is 11.4 Å². The van der Waals surface area contributed by atoms with Crippen LogP contribution in [0.2, 0.25) is 0 Å². The van der Waals surface area contributed by atoms with Gasteiger partial charge in [-0.05, 0) is 51.1 Å². The Morgan fingerprint density at radius 1 is 1.24 bits per heavy atom. The Morgan fingerprint density at radius 2 is 1.93 bits per heavy atom. The molecule has 0 aliphatic rings. The Morgan fingerprint density at radius 3 is 2.45 bits per heavy atom. The van der Waals surface area contributed by atoms with Crippen LogP contribution < -0.4 is 16.0 Å². The van der Waals surface area contributed by atoms with Crippen molar-refractivity contribution in [2.45, 2.75) is 12.5 Å². The molecule has 1 atom stereocenters. The van der Waals surface area contributed by atoms with Gasteiger partial charge in [-0.25, -0.2) is 14.0 Å². The molecule has 9 nitrogen and oxygen atoms in total. The number of benzene rings is 1. The van der Waals surface area contributed by atoms with E-state index in [1.54, 1.807) is 11.4 Å². The second-order valence-corrected chi connectivity index (χ2v) is 8.02. The van der Waals surface area contributed by atoms with Crippen LogP contribution in [-0.4, -0.2) is 40.6 Å². The molecule has 5 N–H and O–H groups in total. The first-order valence-corrected chi connectivity index (χ1v) is 9.63. The highest BCUT2D eigenvalue weighted by Gasteiger charge is 2.25. The highest BCUT2D eigenvalue weighted by atomic mass is 79.9. The van der Waals surface area contributed by atoms with E-state index in [4.69, 9.17) is 10.8 Å². The summed E-state index contributed by atoms with van der Waals surface area (Å²) in [5.41, 5.74) is 5.01. The molecule has 2 aromatic rings. The third kappa shape index (κ3) is 5.74. The molecule has 0 fully saturated rings. The van der Waals surface area contributed by atoms with Gasteiger partial charge >= 0.3 is 18.0 Å². The minimum absolute atomic E-state index is 0.136. The Labute approximate surface area is 176 Å². The fourth-order valence-corrected chi connectivity index (χ4v) is 3.60. The Bertz CT molecular complexity index is 966. The number of carbonyl (C=O) groups is 4. The van der Waals surface area contributed by atoms with Crippen LogP contribution in [0.4, 0.5) is 14.9 Å². The molecule has 0 saturated carbocycles. The van der Waals surface area contributed by atoms with Gasteiger partial charge in [-0.15, -0.1) is 11.3 Å². The number of carboxylic acids is 2. The molecule has 0 saturated heterocycles. The van der Waals surface area contributed by atoms with Crippen molar-refractivity contribution in [1.82, 2.24) is 5.32 Å². The van der Waals surface area contributed by atoms with Crippen molar-refractivity contribution in [3.8, 4) is 0 Å². The van der Waals surface area contributed by atoms with Gasteiger partial charge in [-0.3, -0.25) is 14.5 Å². The van der Waals surface area contributed by atoms with Crippen molar-refractivity contribution in [1.29, 1.82) is 0 Å². The SMILES string of the molecule is NC(=O)N(CCC(=O)O)c1cc(C(=O)NC(C(=O)O)c2csc(Br)c2)ccc1F. The topological polar surface area (TPSA) is 150 Å². The number of nitrogens with one attached hydrogen (secondary N) is 1. The highest BCUT2D eigenvalue weighted by Crippen LogP contribution is 2.26. The molecular weight excluding hydrogens is 473 g/mol. The average molecular weight is 488 g/mol. The second-order valence-electron chi connectivity index (χ2n) is 5.73. The normalized spacial score (nSPS) is 11.5. The van der Waals surface area contributed by atoms with Crippen molar-refractivity contribution >= 4 is 56.8 Å². The molecule has 29 heavy (non-hydrogen) atoms. The van der Waals surface area contributed by atoms with Crippen LogP contribution in [0.3, 0.4) is 0 Å². The van der Waals surface area contributed by atoms with Crippen LogP contribution in [0.25, 0.3) is 0 Å². The summed E-state index contributed by atoms with van der Waals surface area (Å²) in [6, 6.07) is 2.09. The fourth-order valence-electron chi connectivity index (χ4n) is 2.39. The number of halogens is 2. The van der Waals surface area contributed by atoms with Gasteiger partial charge < -0.3 is 21.3 Å². The van der Waals surface area contributed by atoms with E-state index in [0.717, 1.165) is 18.2 Å². The maximum absolute atomic E-state index is 14.2. The summed E-state index contributed by atoms with van der Waals surface area (Å²) >= 11 is 4.45. The first kappa shape index (κ1) is 22.3. The van der Waals surface area contributed by atoms with Crippen LogP contribution in [0, 0.1) is 5.82 Å². The summed E-state index contributed by atoms with van der Waals surface area (Å²) < 4.78 is 14.9. The molecule has 1 unspecified atom stereocenters. The number of hydrogen-bond donors (Lipinski definition) is 4. The average Bonchev–Trinajstić information content (AvgIpc) is 3.06. The molecule has 0 bridgehead atoms. The van der Waals surface area contributed by atoms with Crippen LogP contribution >= 0.6 is 27.3 Å². The number of hydrogen-bond acceptors (Lipinski definition) is 5. The van der Waals surface area contributed by atoms with Crippen molar-refractivity contribution in [2.24, 2.45) is 5.73 Å². The van der Waals surface area contributed by atoms with Crippen molar-refractivity contribution in [3.63, 3.8) is 0 Å². The number of nitrogens with two attached hydrogens (primary N) is 1. The van der Waals surface area contributed by atoms with Gasteiger partial charge in [0.2, 0.25) is 0 Å². The molecule has 1 aromatic carbocycles. The predicted octanol–water partition coefficient (Wildman–Crippen LogP) is 2.57. The lowest BCUT2D eigenvalue weighted by Gasteiger charge is -2.21. The summed E-state index contributed by atoms with van der Waals surface area (Å²) in [7, 11) is 0. The monoisotopic (exact) mass is 487 g/mol. The predicted molar refractivity (Wildman–Crippen MR) is 105 cm³/mol. The number of amides is 3. The molecule has 1 heterocycles. The van der Waals surface area contributed by atoms with E-state index in [1.165, 1.54) is 11.3 Å². The molecule has 1 aromatic heterocycles. The number of aliphatic carboxylic acids is 2. The maximum atomic E-state index is 14.2. The summed E-state index contributed by atoms with van der Waals surface area (Å²) in [5, 5.41) is 22.1. The van der Waals surface area contributed by atoms with Crippen LogP contribution in [0.5, 0.6) is 0 Å². The fraction of sp³-hybridized carbons (Fsp3) is 0.176. The Balaban J connectivity index is 2.31. The highest BCUT2D eigenvalue weighted by molar-refractivity contribution is 9.11. The number of thiophene rings is 1. The van der Waals surface area contributed by atoms with E-state index in [1.807, 2.05) is 0 Å². The lowest BCUT2D eigenvalue weighted by molar-refractivity contribution is -0.139. The standard InChI is InChI=1S/C17H15BrFN3O6S/c18-12-6-9(7-29-12)14(16(26)27)21-15(25)8-1-2-10(19)11(5-8)22(17(20)28)4-3-13(23)24/h1-2,5-7,14H,3-4H2,(H2,20,28)(H,21,25)(H,23,24)(H,26,27). The van der Waals surface area contributed by atoms with E-state index in [2.05, 4.69) is 21.2 Å². The first-order valence-electron chi connectivity index (χ1n) is 7.96. The first-order chi connectivity index (χ1) is 13.6. The Kier molecular flexibility index (Phi) is 7.29. The third-order valence-corrected chi connectivity index (χ3v) is 5.28. The lowest BCUT2D eigenvalue weighted by Crippen LogP contribution is -2.38. The van der Waals surface area contributed by atoms with Gasteiger partial charge in [0.15, 0.2) is 6.04 Å². The number of primary amides is 1. The largest absolute Gasteiger partial charge is 0.481 e. The summed E-state index contributed by atoms with van der Waals surface area (Å²) in [5.74, 6) is -4.26. The number of carboxylic acid groups (broad SMARTS) is 2. The van der Waals surface area contributed by atoms with E-state index >= 15 is 0 Å². The molecule has 0 aliphatic carbocycles. The van der Waals surface area contributed by atoms with Gasteiger partial charge in [0, 0.05) is 12.1 Å². The number of nitrogens with zero attached hydrogens (tertiary/aromatic N) is 1. The van der Waals surface area contributed by atoms with Gasteiger partial charge in [0.25, 0.3) is 5.91 Å². The van der Waals surface area contributed by atoms with Gasteiger partial charge in [-0.1, -0.05) is 0 Å². The summed E-state index contributed by atoms with van der Waals surface area (Å²) in [4.78, 5) is 47.1. The van der Waals surface area contributed by atoms with E-state index < -0.39 is 54.4 Å². The molecule has 0 radical (unpaired) electrons.